The third-order valence-corrected chi connectivity index (χ3v) is 5.24. The van der Waals surface area contributed by atoms with Gasteiger partial charge in [0.2, 0.25) is 0 Å². The molecule has 0 saturated carbocycles. The van der Waals surface area contributed by atoms with Crippen molar-refractivity contribution in [2.24, 2.45) is 0 Å². The molecular weight excluding hydrogens is 449 g/mol. The number of carbonyl (C=O) groups is 1. The Balaban J connectivity index is 1.86. The van der Waals surface area contributed by atoms with Crippen molar-refractivity contribution in [2.75, 3.05) is 0 Å². The summed E-state index contributed by atoms with van der Waals surface area (Å²) in [7, 11) is 0. The van der Waals surface area contributed by atoms with Gasteiger partial charge in [0.1, 0.15) is 6.04 Å². The zero-order valence-electron chi connectivity index (χ0n) is 15.0. The number of hydrogen-bond acceptors (Lipinski definition) is 2. The fraction of sp³-hybridized carbons (Fsp3) is 0.174. The summed E-state index contributed by atoms with van der Waals surface area (Å²) in [6.45, 7) is 1.19. The van der Waals surface area contributed by atoms with E-state index in [4.69, 9.17) is 0 Å². The molecule has 0 radical (unpaired) electrons. The normalized spacial score (nSPS) is 12.1. The molecule has 0 aliphatic carbocycles. The Morgan fingerprint density at radius 3 is 1.70 bits per heavy atom. The highest BCUT2D eigenvalue weighted by molar-refractivity contribution is 14.1. The van der Waals surface area contributed by atoms with Crippen molar-refractivity contribution >= 4 is 28.6 Å². The van der Waals surface area contributed by atoms with Gasteiger partial charge in [0.05, 0.1) is 0 Å². The van der Waals surface area contributed by atoms with Crippen LogP contribution >= 0.6 is 22.6 Å². The van der Waals surface area contributed by atoms with E-state index >= 15 is 0 Å². The van der Waals surface area contributed by atoms with Gasteiger partial charge in [-0.25, -0.2) is 0 Å². The molecule has 4 heteroatoms. The van der Waals surface area contributed by atoms with Crippen LogP contribution in [0.2, 0.25) is 0 Å². The molecule has 1 N–H and O–H groups in total. The van der Waals surface area contributed by atoms with E-state index in [-0.39, 0.29) is 0 Å². The van der Waals surface area contributed by atoms with Crippen LogP contribution in [0.3, 0.4) is 0 Å². The fourth-order valence-electron chi connectivity index (χ4n) is 3.13. The molecule has 3 rings (SSSR count). The summed E-state index contributed by atoms with van der Waals surface area (Å²) < 4.78 is 1.15. The molecule has 138 valence electrons. The first-order chi connectivity index (χ1) is 13.1. The second kappa shape index (κ2) is 9.67. The number of halogens is 1. The minimum absolute atomic E-state index is 0.478. The van der Waals surface area contributed by atoms with Gasteiger partial charge in [0.15, 0.2) is 0 Å². The van der Waals surface area contributed by atoms with Gasteiger partial charge in [-0.05, 0) is 57.8 Å². The molecule has 0 aromatic heterocycles. The lowest BCUT2D eigenvalue weighted by Crippen LogP contribution is -2.42. The van der Waals surface area contributed by atoms with Crippen molar-refractivity contribution < 1.29 is 9.90 Å². The Hall–Kier alpha value is -2.18. The van der Waals surface area contributed by atoms with E-state index in [1.54, 1.807) is 0 Å². The van der Waals surface area contributed by atoms with Crippen molar-refractivity contribution in [3.63, 3.8) is 0 Å². The largest absolute Gasteiger partial charge is 0.480 e. The number of rotatable bonds is 8. The summed E-state index contributed by atoms with van der Waals surface area (Å²) >= 11 is 2.26. The van der Waals surface area contributed by atoms with Crippen LogP contribution in [0.1, 0.15) is 16.7 Å². The first-order valence-corrected chi connectivity index (χ1v) is 9.99. The number of carboxylic acids is 1. The molecule has 0 saturated heterocycles. The second-order valence-corrected chi connectivity index (χ2v) is 7.81. The monoisotopic (exact) mass is 471 g/mol. The van der Waals surface area contributed by atoms with E-state index in [2.05, 4.69) is 22.6 Å². The molecule has 0 spiro atoms. The van der Waals surface area contributed by atoms with Crippen LogP contribution in [-0.4, -0.2) is 22.0 Å². The number of benzene rings is 3. The molecule has 1 atom stereocenters. The lowest BCUT2D eigenvalue weighted by atomic mass is 10.0. The Bertz CT molecular complexity index is 809. The van der Waals surface area contributed by atoms with Crippen molar-refractivity contribution in [3.8, 4) is 0 Å². The van der Waals surface area contributed by atoms with Crippen LogP contribution in [0, 0.1) is 3.57 Å². The lowest BCUT2D eigenvalue weighted by molar-refractivity contribution is -0.143. The molecule has 0 heterocycles. The number of nitrogens with zero attached hydrogens (tertiary/aromatic N) is 1. The molecular formula is C23H22INO2. The molecule has 27 heavy (non-hydrogen) atoms. The number of hydrogen-bond donors (Lipinski definition) is 1. The third kappa shape index (κ3) is 5.91. The summed E-state index contributed by atoms with van der Waals surface area (Å²) in [6.07, 6.45) is 0.478. The highest BCUT2D eigenvalue weighted by Gasteiger charge is 2.26. The van der Waals surface area contributed by atoms with Crippen LogP contribution in [0.5, 0.6) is 0 Å². The molecule has 3 aromatic carbocycles. The van der Waals surface area contributed by atoms with Gasteiger partial charge >= 0.3 is 5.97 Å². The van der Waals surface area contributed by atoms with Crippen molar-refractivity contribution in [1.82, 2.24) is 4.90 Å². The van der Waals surface area contributed by atoms with Crippen LogP contribution in [0.25, 0.3) is 0 Å². The second-order valence-electron chi connectivity index (χ2n) is 6.56. The van der Waals surface area contributed by atoms with Gasteiger partial charge in [0, 0.05) is 16.7 Å². The molecule has 0 amide bonds. The van der Waals surface area contributed by atoms with Crippen LogP contribution in [0.15, 0.2) is 84.9 Å². The van der Waals surface area contributed by atoms with Crippen molar-refractivity contribution in [1.29, 1.82) is 0 Å². The smallest absolute Gasteiger partial charge is 0.321 e. The summed E-state index contributed by atoms with van der Waals surface area (Å²) in [4.78, 5) is 14.2. The van der Waals surface area contributed by atoms with E-state index in [9.17, 15) is 9.90 Å². The van der Waals surface area contributed by atoms with Crippen molar-refractivity contribution in [3.05, 3.63) is 105 Å². The SMILES string of the molecule is O=C(O)C(Cc1ccc(I)cc1)N(Cc1ccccc1)Cc1ccccc1. The van der Waals surface area contributed by atoms with Gasteiger partial charge in [-0.3, -0.25) is 9.69 Å². The minimum Gasteiger partial charge on any atom is -0.480 e. The summed E-state index contributed by atoms with van der Waals surface area (Å²) in [6, 6.07) is 27.6. The Morgan fingerprint density at radius 2 is 1.26 bits per heavy atom. The molecule has 3 nitrogen and oxygen atoms in total. The predicted molar refractivity (Wildman–Crippen MR) is 116 cm³/mol. The maximum atomic E-state index is 12.1. The average Bonchev–Trinajstić information content (AvgIpc) is 2.68. The highest BCUT2D eigenvalue weighted by atomic mass is 127. The quantitative estimate of drug-likeness (QED) is 0.471. The number of aliphatic carboxylic acids is 1. The van der Waals surface area contributed by atoms with E-state index in [0.29, 0.717) is 19.5 Å². The summed E-state index contributed by atoms with van der Waals surface area (Å²) in [5.41, 5.74) is 3.26. The van der Waals surface area contributed by atoms with Crippen molar-refractivity contribution in [2.45, 2.75) is 25.6 Å². The van der Waals surface area contributed by atoms with Crippen LogP contribution < -0.4 is 0 Å². The zero-order chi connectivity index (χ0) is 19.1. The summed E-state index contributed by atoms with van der Waals surface area (Å²) in [5, 5.41) is 9.97. The van der Waals surface area contributed by atoms with Crippen LogP contribution in [-0.2, 0) is 24.3 Å². The van der Waals surface area contributed by atoms with Gasteiger partial charge in [0.25, 0.3) is 0 Å². The molecule has 3 aromatic rings. The van der Waals surface area contributed by atoms with E-state index in [0.717, 1.165) is 20.3 Å². The minimum atomic E-state index is -0.791. The fourth-order valence-corrected chi connectivity index (χ4v) is 3.49. The molecule has 0 fully saturated rings. The highest BCUT2D eigenvalue weighted by Crippen LogP contribution is 2.18. The van der Waals surface area contributed by atoms with E-state index in [1.807, 2.05) is 89.8 Å². The molecule has 0 aliphatic heterocycles. The average molecular weight is 471 g/mol. The number of carboxylic acid groups (broad SMARTS) is 1. The molecule has 0 bridgehead atoms. The van der Waals surface area contributed by atoms with E-state index < -0.39 is 12.0 Å². The van der Waals surface area contributed by atoms with Gasteiger partial charge in [-0.1, -0.05) is 72.8 Å². The Labute approximate surface area is 173 Å². The third-order valence-electron chi connectivity index (χ3n) is 4.53. The lowest BCUT2D eigenvalue weighted by Gasteiger charge is -2.29. The van der Waals surface area contributed by atoms with Gasteiger partial charge < -0.3 is 5.11 Å². The Morgan fingerprint density at radius 1 is 0.778 bits per heavy atom. The first-order valence-electron chi connectivity index (χ1n) is 8.91. The summed E-state index contributed by atoms with van der Waals surface area (Å²) in [5.74, 6) is -0.791. The van der Waals surface area contributed by atoms with E-state index in [1.165, 1.54) is 0 Å². The Kier molecular flexibility index (Phi) is 7.01. The van der Waals surface area contributed by atoms with Gasteiger partial charge in [-0.2, -0.15) is 0 Å². The maximum Gasteiger partial charge on any atom is 0.321 e. The molecule has 0 aliphatic rings. The first kappa shape index (κ1) is 19.6. The van der Waals surface area contributed by atoms with Gasteiger partial charge in [-0.15, -0.1) is 0 Å². The topological polar surface area (TPSA) is 40.5 Å². The maximum absolute atomic E-state index is 12.1. The van der Waals surface area contributed by atoms with Crippen LogP contribution in [0.4, 0.5) is 0 Å². The zero-order valence-corrected chi connectivity index (χ0v) is 17.1. The predicted octanol–water partition coefficient (Wildman–Crippen LogP) is 4.99. The standard InChI is InChI=1S/C23H22INO2/c24-21-13-11-18(12-14-21)15-22(23(26)27)25(16-19-7-3-1-4-8-19)17-20-9-5-2-6-10-20/h1-14,22H,15-17H2,(H,26,27). The molecule has 1 unspecified atom stereocenters.